The molecule has 1 aromatic heterocycles. The summed E-state index contributed by atoms with van der Waals surface area (Å²) in [6, 6.07) is 9.68. The van der Waals surface area contributed by atoms with Crippen LogP contribution < -0.4 is 10.6 Å². The third kappa shape index (κ3) is 3.58. The fourth-order valence-corrected chi connectivity index (χ4v) is 2.40. The van der Waals surface area contributed by atoms with E-state index in [0.29, 0.717) is 17.6 Å². The SMILES string of the molecule is Cc1cc(Br)ccc1NC(=O)c1ccc(NC2CC2)nn1. The molecule has 0 radical (unpaired) electrons. The van der Waals surface area contributed by atoms with Gasteiger partial charge < -0.3 is 10.6 Å². The van der Waals surface area contributed by atoms with Gasteiger partial charge in [0.2, 0.25) is 0 Å². The van der Waals surface area contributed by atoms with Crippen LogP contribution >= 0.6 is 15.9 Å². The van der Waals surface area contributed by atoms with Crippen molar-refractivity contribution in [3.63, 3.8) is 0 Å². The fraction of sp³-hybridized carbons (Fsp3) is 0.267. The monoisotopic (exact) mass is 346 g/mol. The van der Waals surface area contributed by atoms with Gasteiger partial charge in [0.1, 0.15) is 5.82 Å². The zero-order valence-corrected chi connectivity index (χ0v) is 13.1. The van der Waals surface area contributed by atoms with Crippen molar-refractivity contribution in [2.45, 2.75) is 25.8 Å². The molecular weight excluding hydrogens is 332 g/mol. The van der Waals surface area contributed by atoms with Crippen LogP contribution in [0.25, 0.3) is 0 Å². The van der Waals surface area contributed by atoms with Gasteiger partial charge in [-0.2, -0.15) is 0 Å². The molecule has 2 aromatic rings. The lowest BCUT2D eigenvalue weighted by Crippen LogP contribution is -2.15. The van der Waals surface area contributed by atoms with Crippen molar-refractivity contribution in [1.82, 2.24) is 10.2 Å². The largest absolute Gasteiger partial charge is 0.366 e. The molecule has 0 unspecified atom stereocenters. The van der Waals surface area contributed by atoms with Gasteiger partial charge in [-0.3, -0.25) is 4.79 Å². The highest BCUT2D eigenvalue weighted by molar-refractivity contribution is 9.10. The zero-order chi connectivity index (χ0) is 14.8. The standard InChI is InChI=1S/C15H15BrN4O/c1-9-8-10(16)2-5-12(9)18-15(21)13-6-7-14(20-19-13)17-11-3-4-11/h2,5-8,11H,3-4H2,1H3,(H,17,20)(H,18,21). The first-order valence-electron chi connectivity index (χ1n) is 6.79. The summed E-state index contributed by atoms with van der Waals surface area (Å²) in [5, 5.41) is 14.1. The Hall–Kier alpha value is -1.95. The average Bonchev–Trinajstić information content (AvgIpc) is 3.26. The Balaban J connectivity index is 1.69. The first-order valence-corrected chi connectivity index (χ1v) is 7.59. The average molecular weight is 347 g/mol. The van der Waals surface area contributed by atoms with Crippen molar-refractivity contribution in [3.05, 3.63) is 46.1 Å². The van der Waals surface area contributed by atoms with Gasteiger partial charge in [0.15, 0.2) is 5.69 Å². The first kappa shape index (κ1) is 14.0. The van der Waals surface area contributed by atoms with Gasteiger partial charge in [0, 0.05) is 16.2 Å². The highest BCUT2D eigenvalue weighted by Crippen LogP contribution is 2.23. The lowest BCUT2D eigenvalue weighted by atomic mass is 10.2. The molecule has 1 heterocycles. The molecule has 1 saturated carbocycles. The molecule has 108 valence electrons. The van der Waals surface area contributed by atoms with Crippen LogP contribution in [0.3, 0.4) is 0 Å². The number of rotatable bonds is 4. The van der Waals surface area contributed by atoms with Crippen molar-refractivity contribution in [1.29, 1.82) is 0 Å². The van der Waals surface area contributed by atoms with Crippen molar-refractivity contribution < 1.29 is 4.79 Å². The van der Waals surface area contributed by atoms with E-state index in [-0.39, 0.29) is 5.91 Å². The fourth-order valence-electron chi connectivity index (χ4n) is 1.92. The predicted molar refractivity (Wildman–Crippen MR) is 85.5 cm³/mol. The van der Waals surface area contributed by atoms with Crippen molar-refractivity contribution >= 4 is 33.3 Å². The molecule has 6 heteroatoms. The minimum Gasteiger partial charge on any atom is -0.366 e. The number of amides is 1. The van der Waals surface area contributed by atoms with Crippen molar-refractivity contribution in [2.75, 3.05) is 10.6 Å². The van der Waals surface area contributed by atoms with Gasteiger partial charge >= 0.3 is 0 Å². The summed E-state index contributed by atoms with van der Waals surface area (Å²) in [7, 11) is 0. The Morgan fingerprint density at radius 1 is 1.24 bits per heavy atom. The van der Waals surface area contributed by atoms with E-state index in [1.165, 1.54) is 12.8 Å². The second-order valence-electron chi connectivity index (χ2n) is 5.14. The van der Waals surface area contributed by atoms with Crippen LogP contribution in [0.4, 0.5) is 11.5 Å². The van der Waals surface area contributed by atoms with Gasteiger partial charge in [-0.1, -0.05) is 15.9 Å². The second kappa shape index (κ2) is 5.81. The molecular formula is C15H15BrN4O. The van der Waals surface area contributed by atoms with Crippen molar-refractivity contribution in [2.24, 2.45) is 0 Å². The Labute approximate surface area is 131 Å². The molecule has 1 amide bonds. The van der Waals surface area contributed by atoms with Crippen LogP contribution in [-0.4, -0.2) is 22.1 Å². The summed E-state index contributed by atoms with van der Waals surface area (Å²) in [6.07, 6.45) is 2.35. The van der Waals surface area contributed by atoms with Crippen LogP contribution in [0.1, 0.15) is 28.9 Å². The molecule has 1 aliphatic carbocycles. The predicted octanol–water partition coefficient (Wildman–Crippen LogP) is 3.37. The van der Waals surface area contributed by atoms with E-state index in [1.807, 2.05) is 25.1 Å². The second-order valence-corrected chi connectivity index (χ2v) is 6.05. The number of carbonyl (C=O) groups excluding carboxylic acids is 1. The molecule has 5 nitrogen and oxygen atoms in total. The van der Waals surface area contributed by atoms with Gasteiger partial charge in [-0.15, -0.1) is 10.2 Å². The number of aryl methyl sites for hydroxylation is 1. The Bertz CT molecular complexity index is 668. The van der Waals surface area contributed by atoms with Gasteiger partial charge in [-0.25, -0.2) is 0 Å². The van der Waals surface area contributed by atoms with Crippen LogP contribution in [-0.2, 0) is 0 Å². The molecule has 21 heavy (non-hydrogen) atoms. The van der Waals surface area contributed by atoms with Gasteiger partial charge in [-0.05, 0) is 55.7 Å². The maximum atomic E-state index is 12.2. The Morgan fingerprint density at radius 3 is 2.67 bits per heavy atom. The summed E-state index contributed by atoms with van der Waals surface area (Å²) in [4.78, 5) is 12.2. The number of hydrogen-bond donors (Lipinski definition) is 2. The quantitative estimate of drug-likeness (QED) is 0.890. The summed E-state index contributed by atoms with van der Waals surface area (Å²) in [5.41, 5.74) is 2.06. The Kier molecular flexibility index (Phi) is 3.88. The maximum Gasteiger partial charge on any atom is 0.276 e. The van der Waals surface area contributed by atoms with E-state index in [4.69, 9.17) is 0 Å². The van der Waals surface area contributed by atoms with Crippen molar-refractivity contribution in [3.8, 4) is 0 Å². The Morgan fingerprint density at radius 2 is 2.05 bits per heavy atom. The van der Waals surface area contributed by atoms with Crippen LogP contribution in [0.15, 0.2) is 34.8 Å². The molecule has 0 aliphatic heterocycles. The van der Waals surface area contributed by atoms with Crippen LogP contribution in [0, 0.1) is 6.92 Å². The minimum atomic E-state index is -0.258. The summed E-state index contributed by atoms with van der Waals surface area (Å²) < 4.78 is 0.980. The number of carbonyl (C=O) groups is 1. The lowest BCUT2D eigenvalue weighted by Gasteiger charge is -2.08. The molecule has 1 aliphatic rings. The number of aromatic nitrogens is 2. The molecule has 0 atom stereocenters. The van der Waals surface area contributed by atoms with E-state index >= 15 is 0 Å². The molecule has 0 bridgehead atoms. The minimum absolute atomic E-state index is 0.258. The summed E-state index contributed by atoms with van der Waals surface area (Å²) >= 11 is 3.40. The number of nitrogens with one attached hydrogen (secondary N) is 2. The summed E-state index contributed by atoms with van der Waals surface area (Å²) in [5.74, 6) is 0.458. The highest BCUT2D eigenvalue weighted by atomic mass is 79.9. The van der Waals surface area contributed by atoms with Gasteiger partial charge in [0.25, 0.3) is 5.91 Å². The van der Waals surface area contributed by atoms with E-state index in [0.717, 1.165) is 15.7 Å². The maximum absolute atomic E-state index is 12.2. The topological polar surface area (TPSA) is 66.9 Å². The van der Waals surface area contributed by atoms with E-state index < -0.39 is 0 Å². The number of anilines is 2. The number of hydrogen-bond acceptors (Lipinski definition) is 4. The van der Waals surface area contributed by atoms with Gasteiger partial charge in [0.05, 0.1) is 0 Å². The highest BCUT2D eigenvalue weighted by Gasteiger charge is 2.21. The van der Waals surface area contributed by atoms with E-state index in [1.54, 1.807) is 12.1 Å². The van der Waals surface area contributed by atoms with E-state index in [2.05, 4.69) is 36.8 Å². The van der Waals surface area contributed by atoms with Crippen LogP contribution in [0.2, 0.25) is 0 Å². The molecule has 0 spiro atoms. The number of halogens is 1. The molecule has 2 N–H and O–H groups in total. The lowest BCUT2D eigenvalue weighted by molar-refractivity contribution is 0.102. The zero-order valence-electron chi connectivity index (χ0n) is 11.6. The molecule has 3 rings (SSSR count). The third-order valence-electron chi connectivity index (χ3n) is 3.26. The first-order chi connectivity index (χ1) is 10.1. The molecule has 0 saturated heterocycles. The third-order valence-corrected chi connectivity index (χ3v) is 3.76. The van der Waals surface area contributed by atoms with E-state index in [9.17, 15) is 4.79 Å². The molecule has 1 fully saturated rings. The molecule has 1 aromatic carbocycles. The summed E-state index contributed by atoms with van der Waals surface area (Å²) in [6.45, 7) is 1.94. The number of nitrogens with zero attached hydrogens (tertiary/aromatic N) is 2. The number of benzene rings is 1. The smallest absolute Gasteiger partial charge is 0.276 e. The van der Waals surface area contributed by atoms with Crippen LogP contribution in [0.5, 0.6) is 0 Å². The normalized spacial score (nSPS) is 13.8.